The molecule has 0 amide bonds. The number of ether oxygens (including phenoxy) is 1. The molecule has 21 heavy (non-hydrogen) atoms. The van der Waals surface area contributed by atoms with Crippen molar-refractivity contribution in [2.45, 2.75) is 25.9 Å². The van der Waals surface area contributed by atoms with Crippen LogP contribution in [0.4, 0.5) is 0 Å². The lowest BCUT2D eigenvalue weighted by Crippen LogP contribution is -2.24. The summed E-state index contributed by atoms with van der Waals surface area (Å²) < 4.78 is 4.79. The summed E-state index contributed by atoms with van der Waals surface area (Å²) in [6.07, 6.45) is 0.326. The first-order chi connectivity index (χ1) is 10.2. The predicted octanol–water partition coefficient (Wildman–Crippen LogP) is 3.39. The first kappa shape index (κ1) is 15.3. The number of benzene rings is 2. The summed E-state index contributed by atoms with van der Waals surface area (Å²) in [6, 6.07) is 18.3. The Labute approximate surface area is 126 Å². The maximum atomic E-state index is 11.6. The molecule has 0 spiro atoms. The van der Waals surface area contributed by atoms with Crippen molar-refractivity contribution in [1.29, 1.82) is 0 Å². The van der Waals surface area contributed by atoms with E-state index in [1.807, 2.05) is 36.4 Å². The molecule has 0 aliphatic heterocycles. The van der Waals surface area contributed by atoms with Crippen LogP contribution in [0, 0.1) is 6.92 Å². The van der Waals surface area contributed by atoms with Crippen molar-refractivity contribution in [2.24, 2.45) is 0 Å². The van der Waals surface area contributed by atoms with Gasteiger partial charge in [0.15, 0.2) is 0 Å². The summed E-state index contributed by atoms with van der Waals surface area (Å²) in [4.78, 5) is 11.6. The second-order valence-corrected chi connectivity index (χ2v) is 5.11. The van der Waals surface area contributed by atoms with Crippen LogP contribution in [0.25, 0.3) is 0 Å². The van der Waals surface area contributed by atoms with Crippen LogP contribution in [0.5, 0.6) is 0 Å². The molecule has 2 rings (SSSR count). The number of methoxy groups -OCH3 is 1. The monoisotopic (exact) mass is 283 g/mol. The SMILES string of the molecule is COC(=O)CC(NCc1cccc(C)c1)c1ccccc1. The van der Waals surface area contributed by atoms with Crippen LogP contribution in [0.3, 0.4) is 0 Å². The van der Waals surface area contributed by atoms with E-state index >= 15 is 0 Å². The minimum Gasteiger partial charge on any atom is -0.469 e. The summed E-state index contributed by atoms with van der Waals surface area (Å²) in [5, 5.41) is 3.44. The Bertz CT molecular complexity index is 581. The number of nitrogens with one attached hydrogen (secondary N) is 1. The van der Waals surface area contributed by atoms with Crippen LogP contribution in [0.2, 0.25) is 0 Å². The molecule has 0 aliphatic carbocycles. The molecule has 3 heteroatoms. The van der Waals surface area contributed by atoms with Crippen LogP contribution in [0.15, 0.2) is 54.6 Å². The molecule has 0 saturated heterocycles. The first-order valence-electron chi connectivity index (χ1n) is 7.09. The molecule has 0 radical (unpaired) electrons. The average molecular weight is 283 g/mol. The summed E-state index contributed by atoms with van der Waals surface area (Å²) in [7, 11) is 1.42. The van der Waals surface area contributed by atoms with Gasteiger partial charge in [0.1, 0.15) is 0 Å². The van der Waals surface area contributed by atoms with Gasteiger partial charge >= 0.3 is 5.97 Å². The minimum absolute atomic E-state index is 0.0424. The number of aryl methyl sites for hydroxylation is 1. The van der Waals surface area contributed by atoms with Crippen molar-refractivity contribution in [3.8, 4) is 0 Å². The van der Waals surface area contributed by atoms with Gasteiger partial charge in [-0.1, -0.05) is 60.2 Å². The number of esters is 1. The molecular formula is C18H21NO2. The molecule has 2 aromatic carbocycles. The van der Waals surface area contributed by atoms with Crippen molar-refractivity contribution in [1.82, 2.24) is 5.32 Å². The van der Waals surface area contributed by atoms with Crippen molar-refractivity contribution in [3.63, 3.8) is 0 Å². The van der Waals surface area contributed by atoms with E-state index in [0.29, 0.717) is 6.42 Å². The van der Waals surface area contributed by atoms with Gasteiger partial charge in [-0.15, -0.1) is 0 Å². The van der Waals surface area contributed by atoms with Gasteiger partial charge < -0.3 is 10.1 Å². The number of hydrogen-bond donors (Lipinski definition) is 1. The Morgan fingerprint density at radius 1 is 1.14 bits per heavy atom. The Balaban J connectivity index is 2.07. The average Bonchev–Trinajstić information content (AvgIpc) is 2.52. The molecule has 0 heterocycles. The molecule has 3 nitrogen and oxygen atoms in total. The van der Waals surface area contributed by atoms with Crippen LogP contribution in [0.1, 0.15) is 29.2 Å². The van der Waals surface area contributed by atoms with E-state index in [0.717, 1.165) is 12.1 Å². The molecule has 2 aromatic rings. The summed E-state index contributed by atoms with van der Waals surface area (Å²) >= 11 is 0. The fourth-order valence-electron chi connectivity index (χ4n) is 2.31. The van der Waals surface area contributed by atoms with Crippen molar-refractivity contribution in [3.05, 3.63) is 71.3 Å². The number of rotatable bonds is 6. The molecule has 110 valence electrons. The Morgan fingerprint density at radius 3 is 2.57 bits per heavy atom. The molecule has 1 N–H and O–H groups in total. The van der Waals surface area contributed by atoms with E-state index in [1.165, 1.54) is 18.2 Å². The van der Waals surface area contributed by atoms with E-state index < -0.39 is 0 Å². The van der Waals surface area contributed by atoms with Gasteiger partial charge in [0.05, 0.1) is 13.5 Å². The largest absolute Gasteiger partial charge is 0.469 e. The zero-order chi connectivity index (χ0) is 15.1. The minimum atomic E-state index is -0.208. The highest BCUT2D eigenvalue weighted by Gasteiger charge is 2.15. The standard InChI is InChI=1S/C18H21NO2/c1-14-7-6-8-15(11-14)13-19-17(12-18(20)21-2)16-9-4-3-5-10-16/h3-11,17,19H,12-13H2,1-2H3. The van der Waals surface area contributed by atoms with E-state index in [4.69, 9.17) is 4.74 Å². The highest BCUT2D eigenvalue weighted by Crippen LogP contribution is 2.18. The molecule has 0 bridgehead atoms. The van der Waals surface area contributed by atoms with Crippen molar-refractivity contribution in [2.75, 3.05) is 7.11 Å². The zero-order valence-corrected chi connectivity index (χ0v) is 12.5. The molecule has 0 saturated carbocycles. The third-order valence-corrected chi connectivity index (χ3v) is 3.44. The van der Waals surface area contributed by atoms with Gasteiger partial charge in [0.2, 0.25) is 0 Å². The molecule has 1 unspecified atom stereocenters. The quantitative estimate of drug-likeness (QED) is 0.826. The van der Waals surface area contributed by atoms with Crippen molar-refractivity contribution >= 4 is 5.97 Å². The highest BCUT2D eigenvalue weighted by molar-refractivity contribution is 5.70. The van der Waals surface area contributed by atoms with Gasteiger partial charge in [-0.05, 0) is 18.1 Å². The smallest absolute Gasteiger partial charge is 0.307 e. The Kier molecular flexibility index (Phi) is 5.52. The predicted molar refractivity (Wildman–Crippen MR) is 83.8 cm³/mol. The van der Waals surface area contributed by atoms with Crippen LogP contribution in [-0.4, -0.2) is 13.1 Å². The normalized spacial score (nSPS) is 11.9. The third-order valence-electron chi connectivity index (χ3n) is 3.44. The lowest BCUT2D eigenvalue weighted by molar-refractivity contribution is -0.141. The van der Waals surface area contributed by atoms with Crippen LogP contribution in [-0.2, 0) is 16.1 Å². The van der Waals surface area contributed by atoms with E-state index in [9.17, 15) is 4.79 Å². The first-order valence-corrected chi connectivity index (χ1v) is 7.09. The van der Waals surface area contributed by atoms with Gasteiger partial charge in [0.25, 0.3) is 0 Å². The van der Waals surface area contributed by atoms with E-state index in [-0.39, 0.29) is 12.0 Å². The van der Waals surface area contributed by atoms with Gasteiger partial charge in [0, 0.05) is 12.6 Å². The summed E-state index contributed by atoms with van der Waals surface area (Å²) in [5.41, 5.74) is 3.54. The van der Waals surface area contributed by atoms with Crippen molar-refractivity contribution < 1.29 is 9.53 Å². The number of carbonyl (C=O) groups excluding carboxylic acids is 1. The third kappa shape index (κ3) is 4.72. The van der Waals surface area contributed by atoms with Gasteiger partial charge in [-0.2, -0.15) is 0 Å². The summed E-state index contributed by atoms with van der Waals surface area (Å²) in [6.45, 7) is 2.80. The second kappa shape index (κ2) is 7.60. The topological polar surface area (TPSA) is 38.3 Å². The molecule has 0 aliphatic rings. The number of carbonyl (C=O) groups is 1. The molecule has 1 atom stereocenters. The number of hydrogen-bond acceptors (Lipinski definition) is 3. The maximum Gasteiger partial charge on any atom is 0.307 e. The molecular weight excluding hydrogens is 262 g/mol. The van der Waals surface area contributed by atoms with Gasteiger partial charge in [-0.25, -0.2) is 0 Å². The van der Waals surface area contributed by atoms with Crippen LogP contribution >= 0.6 is 0 Å². The zero-order valence-electron chi connectivity index (χ0n) is 12.5. The lowest BCUT2D eigenvalue weighted by Gasteiger charge is -2.18. The maximum absolute atomic E-state index is 11.6. The second-order valence-electron chi connectivity index (χ2n) is 5.11. The highest BCUT2D eigenvalue weighted by atomic mass is 16.5. The Hall–Kier alpha value is -2.13. The summed E-state index contributed by atoms with van der Waals surface area (Å²) in [5.74, 6) is -0.208. The van der Waals surface area contributed by atoms with Gasteiger partial charge in [-0.3, -0.25) is 4.79 Å². The van der Waals surface area contributed by atoms with Crippen LogP contribution < -0.4 is 5.32 Å². The van der Waals surface area contributed by atoms with E-state index in [2.05, 4.69) is 30.4 Å². The molecule has 0 fully saturated rings. The fourth-order valence-corrected chi connectivity index (χ4v) is 2.31. The fraction of sp³-hybridized carbons (Fsp3) is 0.278. The van der Waals surface area contributed by atoms with E-state index in [1.54, 1.807) is 0 Å². The lowest BCUT2D eigenvalue weighted by atomic mass is 10.0. The Morgan fingerprint density at radius 2 is 1.90 bits per heavy atom. The molecule has 0 aromatic heterocycles.